The number of carbonyl (C=O) groups excluding carboxylic acids is 3. The molecular formula is C63H108O12. The van der Waals surface area contributed by atoms with Crippen LogP contribution in [0.3, 0.4) is 0 Å². The molecule has 432 valence electrons. The van der Waals surface area contributed by atoms with E-state index in [1.807, 2.05) is 0 Å². The van der Waals surface area contributed by atoms with Gasteiger partial charge in [-0.2, -0.15) is 0 Å². The van der Waals surface area contributed by atoms with Gasteiger partial charge in [0.15, 0.2) is 24.6 Å². The van der Waals surface area contributed by atoms with Gasteiger partial charge in [0.25, 0.3) is 0 Å². The van der Waals surface area contributed by atoms with E-state index in [2.05, 4.69) is 81.5 Å². The molecule has 0 saturated carbocycles. The highest BCUT2D eigenvalue weighted by molar-refractivity contribution is 5.74. The Hall–Kier alpha value is -3.58. The second kappa shape index (κ2) is 51.2. The van der Waals surface area contributed by atoms with Crippen LogP contribution in [-0.2, 0) is 42.9 Å². The van der Waals surface area contributed by atoms with Crippen molar-refractivity contribution in [3.05, 3.63) is 60.8 Å². The van der Waals surface area contributed by atoms with Gasteiger partial charge in [-0.15, -0.1) is 0 Å². The average molecular weight is 1060 g/mol. The molecule has 0 radical (unpaired) electrons. The average Bonchev–Trinajstić information content (AvgIpc) is 3.39. The summed E-state index contributed by atoms with van der Waals surface area (Å²) in [5, 5.41) is 31.5. The minimum Gasteiger partial charge on any atom is -0.479 e. The summed E-state index contributed by atoms with van der Waals surface area (Å²) in [5.74, 6) is -3.17. The fraction of sp³-hybridized carbons (Fsp3) is 0.778. The first-order chi connectivity index (χ1) is 36.6. The molecule has 1 aliphatic heterocycles. The fourth-order valence-corrected chi connectivity index (χ4v) is 8.90. The number of aliphatic hydroxyl groups is 2. The topological polar surface area (TPSA) is 175 Å². The lowest BCUT2D eigenvalue weighted by molar-refractivity contribution is -0.301. The maximum Gasteiger partial charge on any atom is 0.335 e. The summed E-state index contributed by atoms with van der Waals surface area (Å²) in [6, 6.07) is 0. The van der Waals surface area contributed by atoms with Crippen LogP contribution in [0, 0.1) is 0 Å². The zero-order valence-corrected chi connectivity index (χ0v) is 47.5. The first-order valence-corrected chi connectivity index (χ1v) is 30.3. The van der Waals surface area contributed by atoms with E-state index in [4.69, 9.17) is 23.7 Å². The molecule has 1 fully saturated rings. The standard InChI is InChI=1S/C63H108O12/c1-4-7-10-13-16-19-22-25-27-28-30-32-34-37-40-43-46-49-55(64)71-52-54(73-56(65)50-47-44-41-38-35-31-24-21-18-15-12-9-6-3)53-72-63-61(59(68)58(67)60(75-63)62(69)70)74-57(66)51-48-45-42-39-36-33-29-26-23-20-17-14-11-8-5-2/h9,12,18,21,25-27,29,31,35,54,58-61,63,67-68H,4-8,10-11,13-17,19-20,22-24,28,30,32-34,36-53H2,1-3H3,(H,69,70)/b12-9-,21-18-,27-25-,29-26-,35-31-. The molecule has 12 nitrogen and oxygen atoms in total. The summed E-state index contributed by atoms with van der Waals surface area (Å²) in [6.07, 6.45) is 50.5. The van der Waals surface area contributed by atoms with Crippen LogP contribution in [0.2, 0.25) is 0 Å². The van der Waals surface area contributed by atoms with Crippen LogP contribution in [0.5, 0.6) is 0 Å². The molecule has 1 rings (SSSR count). The molecule has 0 aliphatic carbocycles. The molecule has 6 unspecified atom stereocenters. The van der Waals surface area contributed by atoms with Crippen molar-refractivity contribution in [1.29, 1.82) is 0 Å². The predicted octanol–water partition coefficient (Wildman–Crippen LogP) is 15.6. The summed E-state index contributed by atoms with van der Waals surface area (Å²) in [4.78, 5) is 51.1. The van der Waals surface area contributed by atoms with Crippen LogP contribution >= 0.6 is 0 Å². The van der Waals surface area contributed by atoms with Gasteiger partial charge in [0.2, 0.25) is 0 Å². The lowest BCUT2D eigenvalue weighted by atomic mass is 9.98. The van der Waals surface area contributed by atoms with E-state index in [0.29, 0.717) is 19.3 Å². The van der Waals surface area contributed by atoms with Gasteiger partial charge in [-0.3, -0.25) is 14.4 Å². The third-order valence-electron chi connectivity index (χ3n) is 13.5. The SMILES string of the molecule is CC/C=C\C/C=C\C/C=C\CCCCCC(=O)OC(COC(=O)CCCCCCCCC/C=C\CCCCCCCC)COC1OC(C(=O)O)C(O)C(O)C1OC(=O)CCCCCCC/C=C\CCCCCCCC. The van der Waals surface area contributed by atoms with Crippen LogP contribution in [0.25, 0.3) is 0 Å². The van der Waals surface area contributed by atoms with Crippen LogP contribution in [0.4, 0.5) is 0 Å². The van der Waals surface area contributed by atoms with Crippen molar-refractivity contribution < 1.29 is 58.2 Å². The predicted molar refractivity (Wildman–Crippen MR) is 303 cm³/mol. The molecule has 0 amide bonds. The number of hydrogen-bond donors (Lipinski definition) is 3. The summed E-state index contributed by atoms with van der Waals surface area (Å²) in [6.45, 7) is 5.85. The molecule has 12 heteroatoms. The highest BCUT2D eigenvalue weighted by Crippen LogP contribution is 2.26. The van der Waals surface area contributed by atoms with E-state index in [0.717, 1.165) is 103 Å². The number of aliphatic carboxylic acids is 1. The Balaban J connectivity index is 2.69. The zero-order chi connectivity index (χ0) is 54.7. The van der Waals surface area contributed by atoms with E-state index in [-0.39, 0.29) is 25.9 Å². The van der Waals surface area contributed by atoms with Crippen molar-refractivity contribution >= 4 is 23.9 Å². The lowest BCUT2D eigenvalue weighted by Gasteiger charge is -2.40. The highest BCUT2D eigenvalue weighted by Gasteiger charge is 2.50. The van der Waals surface area contributed by atoms with E-state index in [1.165, 1.54) is 103 Å². The first-order valence-electron chi connectivity index (χ1n) is 30.3. The van der Waals surface area contributed by atoms with E-state index < -0.39 is 67.3 Å². The van der Waals surface area contributed by atoms with E-state index >= 15 is 0 Å². The van der Waals surface area contributed by atoms with Crippen LogP contribution in [-0.4, -0.2) is 89.2 Å². The normalized spacial score (nSPS) is 18.5. The number of rotatable bonds is 51. The molecule has 0 aromatic heterocycles. The van der Waals surface area contributed by atoms with Gasteiger partial charge in [0.1, 0.15) is 18.8 Å². The molecule has 1 aliphatic rings. The number of carboxylic acids is 1. The van der Waals surface area contributed by atoms with E-state index in [1.54, 1.807) is 0 Å². The third-order valence-corrected chi connectivity index (χ3v) is 13.5. The molecule has 0 aromatic carbocycles. The van der Waals surface area contributed by atoms with Crippen molar-refractivity contribution in [1.82, 2.24) is 0 Å². The number of allylic oxidation sites excluding steroid dienone is 10. The maximum atomic E-state index is 13.1. The van der Waals surface area contributed by atoms with Crippen LogP contribution in [0.1, 0.15) is 265 Å². The molecule has 0 bridgehead atoms. The van der Waals surface area contributed by atoms with Crippen molar-refractivity contribution in [2.75, 3.05) is 13.2 Å². The maximum absolute atomic E-state index is 13.1. The Morgan fingerprint density at radius 3 is 1.31 bits per heavy atom. The van der Waals surface area contributed by atoms with Crippen molar-refractivity contribution in [3.63, 3.8) is 0 Å². The Bertz CT molecular complexity index is 1540. The van der Waals surface area contributed by atoms with Crippen LogP contribution < -0.4 is 0 Å². The summed E-state index contributed by atoms with van der Waals surface area (Å²) >= 11 is 0. The molecule has 0 spiro atoms. The monoisotopic (exact) mass is 1060 g/mol. The van der Waals surface area contributed by atoms with Gasteiger partial charge in [-0.25, -0.2) is 4.79 Å². The number of ether oxygens (including phenoxy) is 5. The van der Waals surface area contributed by atoms with Gasteiger partial charge < -0.3 is 39.0 Å². The molecule has 75 heavy (non-hydrogen) atoms. The molecule has 1 heterocycles. The second-order valence-electron chi connectivity index (χ2n) is 20.6. The summed E-state index contributed by atoms with van der Waals surface area (Å²) < 4.78 is 28.4. The van der Waals surface area contributed by atoms with Gasteiger partial charge in [0, 0.05) is 19.3 Å². The number of hydrogen-bond acceptors (Lipinski definition) is 11. The number of aliphatic hydroxyl groups excluding tert-OH is 2. The number of carboxylic acid groups (broad SMARTS) is 1. The Kier molecular flexibility index (Phi) is 47.4. The quantitative estimate of drug-likeness (QED) is 0.0228. The molecule has 6 atom stereocenters. The number of carbonyl (C=O) groups is 4. The van der Waals surface area contributed by atoms with Gasteiger partial charge in [0.05, 0.1) is 6.61 Å². The summed E-state index contributed by atoms with van der Waals surface area (Å²) in [7, 11) is 0. The minimum atomic E-state index is -1.91. The highest BCUT2D eigenvalue weighted by atomic mass is 16.7. The molecule has 3 N–H and O–H groups in total. The number of esters is 3. The molecule has 0 aromatic rings. The summed E-state index contributed by atoms with van der Waals surface area (Å²) in [5.41, 5.74) is 0. The minimum absolute atomic E-state index is 0.0465. The van der Waals surface area contributed by atoms with Gasteiger partial charge >= 0.3 is 23.9 Å². The van der Waals surface area contributed by atoms with Crippen molar-refractivity contribution in [2.24, 2.45) is 0 Å². The lowest BCUT2D eigenvalue weighted by Crippen LogP contribution is -2.61. The number of unbranched alkanes of at least 4 members (excludes halogenated alkanes) is 27. The largest absolute Gasteiger partial charge is 0.479 e. The molecule has 1 saturated heterocycles. The Labute approximate surface area is 456 Å². The second-order valence-corrected chi connectivity index (χ2v) is 20.6. The van der Waals surface area contributed by atoms with Crippen LogP contribution in [0.15, 0.2) is 60.8 Å². The van der Waals surface area contributed by atoms with Crippen molar-refractivity contribution in [2.45, 2.75) is 302 Å². The fourth-order valence-electron chi connectivity index (χ4n) is 8.90. The Morgan fingerprint density at radius 2 is 0.840 bits per heavy atom. The zero-order valence-electron chi connectivity index (χ0n) is 47.5. The van der Waals surface area contributed by atoms with E-state index in [9.17, 15) is 34.5 Å². The van der Waals surface area contributed by atoms with Crippen molar-refractivity contribution in [3.8, 4) is 0 Å². The first kappa shape index (κ1) is 69.4. The van der Waals surface area contributed by atoms with Gasteiger partial charge in [-0.05, 0) is 103 Å². The third kappa shape index (κ3) is 41.2. The van der Waals surface area contributed by atoms with Gasteiger partial charge in [-0.1, -0.05) is 204 Å². The molecular weight excluding hydrogens is 949 g/mol. The Morgan fingerprint density at radius 1 is 0.453 bits per heavy atom. The smallest absolute Gasteiger partial charge is 0.335 e.